The third kappa shape index (κ3) is 6.40. The van der Waals surface area contributed by atoms with Crippen molar-refractivity contribution < 1.29 is 35.7 Å². The number of halogens is 3. The molecule has 1 aromatic heterocycles. The monoisotopic (exact) mass is 534 g/mol. The zero-order valence-electron chi connectivity index (χ0n) is 19.6. The molecule has 0 spiro atoms. The van der Waals surface area contributed by atoms with E-state index in [0.29, 0.717) is 38.0 Å². The van der Waals surface area contributed by atoms with Crippen molar-refractivity contribution in [3.8, 4) is 5.75 Å². The summed E-state index contributed by atoms with van der Waals surface area (Å²) in [6.45, 7) is 0.920. The molecule has 0 saturated carbocycles. The van der Waals surface area contributed by atoms with Crippen LogP contribution in [0.4, 0.5) is 18.0 Å². The van der Waals surface area contributed by atoms with Crippen LogP contribution in [0, 0.1) is 0 Å². The lowest BCUT2D eigenvalue weighted by Crippen LogP contribution is -2.36. The molecule has 2 heterocycles. The highest BCUT2D eigenvalue weighted by atomic mass is 32.2. The maximum Gasteiger partial charge on any atom is 0.534 e. The van der Waals surface area contributed by atoms with Crippen LogP contribution in [0.2, 0.25) is 0 Å². The van der Waals surface area contributed by atoms with Crippen molar-refractivity contribution in [3.63, 3.8) is 0 Å². The number of alkyl halides is 3. The second-order valence-electron chi connectivity index (χ2n) is 8.86. The highest BCUT2D eigenvalue weighted by molar-refractivity contribution is 7.88. The van der Waals surface area contributed by atoms with Crippen molar-refractivity contribution in [2.24, 2.45) is 0 Å². The molecule has 1 fully saturated rings. The van der Waals surface area contributed by atoms with Gasteiger partial charge in [0.15, 0.2) is 5.75 Å². The largest absolute Gasteiger partial charge is 0.534 e. The van der Waals surface area contributed by atoms with E-state index in [1.165, 1.54) is 11.0 Å². The molecule has 3 aromatic rings. The number of benzene rings is 2. The molecule has 1 unspecified atom stereocenters. The average molecular weight is 535 g/mol. The number of piperidine rings is 1. The Morgan fingerprint density at radius 3 is 2.35 bits per heavy atom. The van der Waals surface area contributed by atoms with Gasteiger partial charge in [-0.1, -0.05) is 54.6 Å². The van der Waals surface area contributed by atoms with E-state index >= 15 is 0 Å². The van der Waals surface area contributed by atoms with Gasteiger partial charge in [-0.3, -0.25) is 4.98 Å². The number of aromatic nitrogens is 1. The number of carbonyl (C=O) groups is 1. The van der Waals surface area contributed by atoms with Crippen LogP contribution in [0.3, 0.4) is 0 Å². The lowest BCUT2D eigenvalue weighted by atomic mass is 9.84. The Labute approximate surface area is 212 Å². The maximum absolute atomic E-state index is 12.7. The van der Waals surface area contributed by atoms with Crippen LogP contribution in [0.15, 0.2) is 72.9 Å². The molecule has 11 heteroatoms. The van der Waals surface area contributed by atoms with Crippen molar-refractivity contribution in [2.75, 3.05) is 13.1 Å². The fourth-order valence-corrected chi connectivity index (χ4v) is 4.94. The van der Waals surface area contributed by atoms with Gasteiger partial charge in [-0.2, -0.15) is 21.6 Å². The molecule has 196 valence electrons. The number of hydrogen-bond acceptors (Lipinski definition) is 5. The molecule has 1 amide bonds. The molecular weight excluding hydrogens is 509 g/mol. The molecular formula is C26H25F3N2O5S. The summed E-state index contributed by atoms with van der Waals surface area (Å²) in [5.41, 5.74) is -1.96. The van der Waals surface area contributed by atoms with Crippen molar-refractivity contribution in [3.05, 3.63) is 95.3 Å². The standard InChI is InChI=1S/C26H25F3N2O5S/c27-26(28,29)37(34,35)36-22-9-10-24(30-17-22)23(15-18-5-2-1-3-6-18)21-8-4-7-20(16-21)19-11-13-31(14-12-19)25(32)33/h1-10,16-17,19,23H,11-15H2,(H,32,33). The number of carboxylic acid groups (broad SMARTS) is 1. The predicted octanol–water partition coefficient (Wildman–Crippen LogP) is 5.54. The van der Waals surface area contributed by atoms with Gasteiger partial charge >= 0.3 is 21.7 Å². The molecule has 37 heavy (non-hydrogen) atoms. The van der Waals surface area contributed by atoms with Crippen molar-refractivity contribution >= 4 is 16.2 Å². The third-order valence-corrected chi connectivity index (χ3v) is 7.42. The Hall–Kier alpha value is -3.60. The Bertz CT molecular complexity index is 1320. The average Bonchev–Trinajstić information content (AvgIpc) is 2.88. The van der Waals surface area contributed by atoms with E-state index in [1.807, 2.05) is 48.5 Å². The summed E-state index contributed by atoms with van der Waals surface area (Å²) >= 11 is 0. The molecule has 1 saturated heterocycles. The van der Waals surface area contributed by atoms with Crippen LogP contribution in [0.1, 0.15) is 47.1 Å². The summed E-state index contributed by atoms with van der Waals surface area (Å²) in [6.07, 6.45) is 2.02. The first-order valence-electron chi connectivity index (χ1n) is 11.6. The van der Waals surface area contributed by atoms with Crippen LogP contribution in [0.25, 0.3) is 0 Å². The molecule has 4 rings (SSSR count). The predicted molar refractivity (Wildman–Crippen MR) is 130 cm³/mol. The van der Waals surface area contributed by atoms with Crippen LogP contribution in [0.5, 0.6) is 5.75 Å². The van der Waals surface area contributed by atoms with E-state index < -0.39 is 27.5 Å². The first-order chi connectivity index (χ1) is 17.5. The van der Waals surface area contributed by atoms with Gasteiger partial charge in [0.25, 0.3) is 0 Å². The Morgan fingerprint density at radius 1 is 1.05 bits per heavy atom. The van der Waals surface area contributed by atoms with Gasteiger partial charge < -0.3 is 14.2 Å². The number of rotatable bonds is 7. The van der Waals surface area contributed by atoms with Crippen molar-refractivity contribution in [2.45, 2.75) is 36.6 Å². The molecule has 2 aromatic carbocycles. The summed E-state index contributed by atoms with van der Waals surface area (Å²) in [6, 6.07) is 20.2. The van der Waals surface area contributed by atoms with E-state index in [-0.39, 0.29) is 11.8 Å². The molecule has 1 N–H and O–H groups in total. The highest BCUT2D eigenvalue weighted by Crippen LogP contribution is 2.34. The second kappa shape index (κ2) is 10.8. The molecule has 0 aliphatic carbocycles. The van der Waals surface area contributed by atoms with Crippen LogP contribution in [-0.4, -0.2) is 48.1 Å². The summed E-state index contributed by atoms with van der Waals surface area (Å²) < 4.78 is 64.9. The number of amides is 1. The molecule has 0 radical (unpaired) electrons. The Balaban J connectivity index is 1.61. The lowest BCUT2D eigenvalue weighted by molar-refractivity contribution is -0.0500. The SMILES string of the molecule is O=C(O)N1CCC(c2cccc(C(Cc3ccccc3)c3ccc(OS(=O)(=O)C(F)(F)F)cn3)c2)CC1. The molecule has 1 aliphatic heterocycles. The van der Waals surface area contributed by atoms with Gasteiger partial charge in [0.05, 0.1) is 6.20 Å². The molecule has 7 nitrogen and oxygen atoms in total. The zero-order chi connectivity index (χ0) is 26.6. The minimum absolute atomic E-state index is 0.198. The fraction of sp³-hybridized carbons (Fsp3) is 0.308. The Morgan fingerprint density at radius 2 is 1.76 bits per heavy atom. The Kier molecular flexibility index (Phi) is 7.72. The van der Waals surface area contributed by atoms with E-state index in [0.717, 1.165) is 29.0 Å². The van der Waals surface area contributed by atoms with Gasteiger partial charge in [-0.25, -0.2) is 4.79 Å². The third-order valence-electron chi connectivity index (χ3n) is 6.44. The van der Waals surface area contributed by atoms with Gasteiger partial charge in [-0.05, 0) is 54.0 Å². The van der Waals surface area contributed by atoms with Crippen LogP contribution < -0.4 is 4.18 Å². The fourth-order valence-electron chi connectivity index (χ4n) is 4.50. The van der Waals surface area contributed by atoms with Gasteiger partial charge in [0.2, 0.25) is 0 Å². The highest BCUT2D eigenvalue weighted by Gasteiger charge is 2.48. The van der Waals surface area contributed by atoms with E-state index in [1.54, 1.807) is 0 Å². The van der Waals surface area contributed by atoms with Crippen molar-refractivity contribution in [1.82, 2.24) is 9.88 Å². The number of likely N-dealkylation sites (tertiary alicyclic amines) is 1. The topological polar surface area (TPSA) is 96.8 Å². The number of nitrogens with zero attached hydrogens (tertiary/aromatic N) is 2. The van der Waals surface area contributed by atoms with Crippen LogP contribution >= 0.6 is 0 Å². The van der Waals surface area contributed by atoms with Crippen molar-refractivity contribution in [1.29, 1.82) is 0 Å². The minimum Gasteiger partial charge on any atom is -0.465 e. The molecule has 1 atom stereocenters. The summed E-state index contributed by atoms with van der Waals surface area (Å²) in [7, 11) is -5.79. The summed E-state index contributed by atoms with van der Waals surface area (Å²) in [5.74, 6) is -0.600. The smallest absolute Gasteiger partial charge is 0.465 e. The molecule has 1 aliphatic rings. The first kappa shape index (κ1) is 26.5. The van der Waals surface area contributed by atoms with Gasteiger partial charge in [0.1, 0.15) is 0 Å². The number of pyridine rings is 1. The first-order valence-corrected chi connectivity index (χ1v) is 13.0. The minimum atomic E-state index is -5.79. The van der Waals surface area contributed by atoms with Crippen LogP contribution in [-0.2, 0) is 16.5 Å². The zero-order valence-corrected chi connectivity index (χ0v) is 20.5. The number of hydrogen-bond donors (Lipinski definition) is 1. The van der Waals surface area contributed by atoms with Gasteiger partial charge in [-0.15, -0.1) is 0 Å². The van der Waals surface area contributed by atoms with E-state index in [4.69, 9.17) is 0 Å². The van der Waals surface area contributed by atoms with Gasteiger partial charge in [0, 0.05) is 24.7 Å². The summed E-state index contributed by atoms with van der Waals surface area (Å²) in [4.78, 5) is 16.9. The van der Waals surface area contributed by atoms with E-state index in [2.05, 4.69) is 15.2 Å². The van der Waals surface area contributed by atoms with E-state index in [9.17, 15) is 31.5 Å². The second-order valence-corrected chi connectivity index (χ2v) is 10.4. The quantitative estimate of drug-likeness (QED) is 0.316. The lowest BCUT2D eigenvalue weighted by Gasteiger charge is -2.30. The maximum atomic E-state index is 12.7. The normalized spacial score (nSPS) is 15.8. The molecule has 0 bridgehead atoms. The summed E-state index contributed by atoms with van der Waals surface area (Å²) in [5, 5.41) is 9.22.